The van der Waals surface area contributed by atoms with E-state index in [1.54, 1.807) is 12.1 Å². The van der Waals surface area contributed by atoms with Crippen LogP contribution >= 0.6 is 0 Å². The molecule has 0 bridgehead atoms. The second-order valence-corrected chi connectivity index (χ2v) is 9.09. The quantitative estimate of drug-likeness (QED) is 0.232. The number of carbonyl (C=O) groups is 4. The fraction of sp³-hybridized carbons (Fsp3) is 0.0345. The third kappa shape index (κ3) is 2.06. The summed E-state index contributed by atoms with van der Waals surface area (Å²) in [5, 5.41) is 0. The summed E-state index contributed by atoms with van der Waals surface area (Å²) in [6.07, 6.45) is 0. The van der Waals surface area contributed by atoms with Gasteiger partial charge in [-0.15, -0.1) is 0 Å². The van der Waals surface area contributed by atoms with Crippen molar-refractivity contribution in [1.29, 1.82) is 0 Å². The lowest BCUT2D eigenvalue weighted by molar-refractivity contribution is 0.0425. The van der Waals surface area contributed by atoms with Gasteiger partial charge in [0.15, 0.2) is 0 Å². The first-order valence-electron chi connectivity index (χ1n) is 11.3. The molecule has 0 saturated heterocycles. The Morgan fingerprint density at radius 2 is 0.806 bits per heavy atom. The average Bonchev–Trinajstić information content (AvgIpc) is 3.45. The zero-order chi connectivity index (χ0) is 24.3. The van der Waals surface area contributed by atoms with Crippen LogP contribution in [0.5, 0.6) is 11.5 Å². The second-order valence-electron chi connectivity index (χ2n) is 9.09. The molecule has 4 aromatic rings. The van der Waals surface area contributed by atoms with Crippen molar-refractivity contribution in [2.24, 2.45) is 0 Å². The number of benzene rings is 4. The molecule has 36 heavy (non-hydrogen) atoms. The van der Waals surface area contributed by atoms with Crippen molar-refractivity contribution in [3.63, 3.8) is 0 Å². The van der Waals surface area contributed by atoms with E-state index in [0.717, 1.165) is 22.3 Å². The van der Waals surface area contributed by atoms with Gasteiger partial charge in [0, 0.05) is 11.1 Å². The Kier molecular flexibility index (Phi) is 3.29. The Hall–Kier alpha value is -5.04. The van der Waals surface area contributed by atoms with Gasteiger partial charge in [0.25, 0.3) is 0 Å². The topological polar surface area (TPSA) is 96.0 Å². The number of rotatable bonds is 0. The molecule has 0 N–H and O–H groups in total. The fourth-order valence-corrected chi connectivity index (χ4v) is 6.06. The van der Waals surface area contributed by atoms with Gasteiger partial charge in [-0.1, -0.05) is 48.5 Å². The van der Waals surface area contributed by atoms with Crippen molar-refractivity contribution < 1.29 is 33.4 Å². The van der Waals surface area contributed by atoms with Crippen molar-refractivity contribution in [1.82, 2.24) is 0 Å². The molecule has 8 rings (SSSR count). The van der Waals surface area contributed by atoms with Gasteiger partial charge in [-0.25, -0.2) is 19.2 Å². The Balaban J connectivity index is 1.57. The van der Waals surface area contributed by atoms with Crippen LogP contribution in [0.25, 0.3) is 11.1 Å². The molecule has 0 fully saturated rings. The first-order chi connectivity index (χ1) is 17.5. The maximum Gasteiger partial charge on any atom is 0.347 e. The number of hydrogen-bond acceptors (Lipinski definition) is 7. The highest BCUT2D eigenvalue weighted by molar-refractivity contribution is 6.16. The summed E-state index contributed by atoms with van der Waals surface area (Å²) in [6, 6.07) is 22.1. The van der Waals surface area contributed by atoms with Crippen LogP contribution in [0, 0.1) is 0 Å². The molecule has 7 nitrogen and oxygen atoms in total. The summed E-state index contributed by atoms with van der Waals surface area (Å²) in [4.78, 5) is 49.8. The third-order valence-corrected chi connectivity index (χ3v) is 7.47. The van der Waals surface area contributed by atoms with Crippen molar-refractivity contribution in [2.45, 2.75) is 5.41 Å². The number of ether oxygens (including phenoxy) is 3. The Morgan fingerprint density at radius 1 is 0.417 bits per heavy atom. The monoisotopic (exact) mass is 472 g/mol. The average molecular weight is 472 g/mol. The van der Waals surface area contributed by atoms with E-state index in [-0.39, 0.29) is 22.3 Å². The number of fused-ring (bicyclic) bond motifs is 11. The summed E-state index contributed by atoms with van der Waals surface area (Å²) < 4.78 is 16.0. The van der Waals surface area contributed by atoms with E-state index in [1.165, 1.54) is 12.1 Å². The van der Waals surface area contributed by atoms with Crippen LogP contribution in [0.3, 0.4) is 0 Å². The molecule has 0 aromatic heterocycles. The minimum Gasteiger partial charge on any atom is -0.457 e. The Morgan fingerprint density at radius 3 is 1.25 bits per heavy atom. The first-order valence-corrected chi connectivity index (χ1v) is 11.3. The van der Waals surface area contributed by atoms with Crippen LogP contribution in [0.15, 0.2) is 72.8 Å². The smallest absolute Gasteiger partial charge is 0.347 e. The van der Waals surface area contributed by atoms with Gasteiger partial charge < -0.3 is 14.2 Å². The van der Waals surface area contributed by atoms with Crippen molar-refractivity contribution in [3.8, 4) is 22.6 Å². The molecule has 0 atom stereocenters. The molecule has 0 radical (unpaired) electrons. The minimum absolute atomic E-state index is 0.118. The molecule has 3 heterocycles. The summed E-state index contributed by atoms with van der Waals surface area (Å²) in [6.45, 7) is 0. The maximum absolute atomic E-state index is 12.6. The summed E-state index contributed by atoms with van der Waals surface area (Å²) in [5.41, 5.74) is 4.66. The zero-order valence-corrected chi connectivity index (χ0v) is 18.3. The molecule has 4 aromatic carbocycles. The lowest BCUT2D eigenvalue weighted by atomic mass is 9.65. The van der Waals surface area contributed by atoms with Gasteiger partial charge in [-0.3, -0.25) is 0 Å². The van der Waals surface area contributed by atoms with Gasteiger partial charge >= 0.3 is 23.9 Å². The number of carbonyl (C=O) groups excluding carboxylic acids is 4. The molecule has 0 saturated carbocycles. The van der Waals surface area contributed by atoms with E-state index < -0.39 is 29.3 Å². The number of cyclic esters (lactones) is 4. The molecule has 1 aliphatic carbocycles. The fourth-order valence-electron chi connectivity index (χ4n) is 6.06. The highest BCUT2D eigenvalue weighted by Gasteiger charge is 2.53. The van der Waals surface area contributed by atoms with Gasteiger partial charge in [0.05, 0.1) is 27.7 Å². The molecule has 1 spiro atoms. The van der Waals surface area contributed by atoms with Gasteiger partial charge in [0.1, 0.15) is 11.5 Å². The van der Waals surface area contributed by atoms with Crippen molar-refractivity contribution in [3.05, 3.63) is 117 Å². The lowest BCUT2D eigenvalue weighted by Crippen LogP contribution is -2.33. The van der Waals surface area contributed by atoms with E-state index in [2.05, 4.69) is 0 Å². The van der Waals surface area contributed by atoms with Crippen LogP contribution in [0.2, 0.25) is 0 Å². The third-order valence-electron chi connectivity index (χ3n) is 7.47. The number of esters is 4. The highest BCUT2D eigenvalue weighted by atomic mass is 16.6. The van der Waals surface area contributed by atoms with E-state index in [9.17, 15) is 19.2 Å². The van der Waals surface area contributed by atoms with Crippen LogP contribution in [-0.4, -0.2) is 23.9 Å². The molecule has 0 amide bonds. The molecule has 0 unspecified atom stereocenters. The Bertz CT molecular complexity index is 1660. The van der Waals surface area contributed by atoms with Crippen LogP contribution in [0.4, 0.5) is 0 Å². The predicted molar refractivity (Wildman–Crippen MR) is 123 cm³/mol. The zero-order valence-electron chi connectivity index (χ0n) is 18.3. The van der Waals surface area contributed by atoms with Crippen LogP contribution in [0.1, 0.15) is 63.7 Å². The van der Waals surface area contributed by atoms with Crippen LogP contribution < -0.4 is 4.74 Å². The summed E-state index contributed by atoms with van der Waals surface area (Å²) >= 11 is 0. The maximum atomic E-state index is 12.6. The summed E-state index contributed by atoms with van der Waals surface area (Å²) in [7, 11) is 0. The van der Waals surface area contributed by atoms with E-state index in [4.69, 9.17) is 14.2 Å². The van der Waals surface area contributed by atoms with E-state index in [0.29, 0.717) is 22.6 Å². The standard InChI is InChI=1S/C29H12O7/c30-25-15-9-21-23(11-17(15)27(32)35-25)34-24-12-18-16(26(31)36-28(18)33)10-22(24)29(21)19-7-3-1-5-13(19)14-6-2-4-8-20(14)29/h1-12H. The molecule has 7 heteroatoms. The number of hydrogen-bond donors (Lipinski definition) is 0. The largest absolute Gasteiger partial charge is 0.457 e. The van der Waals surface area contributed by atoms with Crippen LogP contribution in [-0.2, 0) is 14.9 Å². The van der Waals surface area contributed by atoms with Gasteiger partial charge in [-0.05, 0) is 46.5 Å². The molecular weight excluding hydrogens is 460 g/mol. The van der Waals surface area contributed by atoms with Crippen molar-refractivity contribution >= 4 is 23.9 Å². The molecule has 3 aliphatic heterocycles. The second kappa shape index (κ2) is 6.14. The Labute approximate surface area is 202 Å². The normalized spacial score (nSPS) is 16.9. The highest BCUT2D eigenvalue weighted by Crippen LogP contribution is 2.62. The van der Waals surface area contributed by atoms with E-state index in [1.807, 2.05) is 48.5 Å². The predicted octanol–water partition coefficient (Wildman–Crippen LogP) is 4.78. The first kappa shape index (κ1) is 19.3. The molecule has 170 valence electrons. The summed E-state index contributed by atoms with van der Waals surface area (Å²) in [5.74, 6) is -2.20. The molecule has 4 aliphatic rings. The van der Waals surface area contributed by atoms with Gasteiger partial charge in [0.2, 0.25) is 0 Å². The van der Waals surface area contributed by atoms with E-state index >= 15 is 0 Å². The molecular formula is C29H12O7. The van der Waals surface area contributed by atoms with Crippen molar-refractivity contribution in [2.75, 3.05) is 0 Å². The minimum atomic E-state index is -0.988. The lowest BCUT2D eigenvalue weighted by Gasteiger charge is -2.39. The SMILES string of the molecule is O=C1OC(=O)c2cc3c(cc21)Oc1cc2c(cc1C31c3ccccc3-c3ccccc31)C(=O)OC2=O. The van der Waals surface area contributed by atoms with Gasteiger partial charge in [-0.2, -0.15) is 0 Å².